The molecule has 2 atom stereocenters. The summed E-state index contributed by atoms with van der Waals surface area (Å²) < 4.78 is 27.4. The highest BCUT2D eigenvalue weighted by atomic mass is 19.2. The van der Waals surface area contributed by atoms with E-state index in [-0.39, 0.29) is 6.04 Å². The van der Waals surface area contributed by atoms with E-state index in [1.807, 2.05) is 6.92 Å². The molecule has 1 aliphatic rings. The molecule has 1 aliphatic heterocycles. The lowest BCUT2D eigenvalue weighted by Gasteiger charge is -2.23. The standard InChI is InChI=1S/C17H26F2N2/c1-3-13-8-10-21(12-13)11-9-16(20-4-2)14-6-5-7-15(18)17(14)19/h5-7,13,16,20H,3-4,8-12H2,1-2H3. The molecule has 1 saturated heterocycles. The molecule has 0 saturated carbocycles. The minimum atomic E-state index is -0.761. The Labute approximate surface area is 126 Å². The highest BCUT2D eigenvalue weighted by Gasteiger charge is 2.23. The smallest absolute Gasteiger partial charge is 0.163 e. The van der Waals surface area contributed by atoms with Crippen molar-refractivity contribution >= 4 is 0 Å². The van der Waals surface area contributed by atoms with Gasteiger partial charge in [0.25, 0.3) is 0 Å². The van der Waals surface area contributed by atoms with Gasteiger partial charge in [-0.3, -0.25) is 0 Å². The molecule has 0 bridgehead atoms. The maximum Gasteiger partial charge on any atom is 0.163 e. The monoisotopic (exact) mass is 296 g/mol. The van der Waals surface area contributed by atoms with Crippen molar-refractivity contribution in [3.8, 4) is 0 Å². The van der Waals surface area contributed by atoms with E-state index >= 15 is 0 Å². The molecule has 1 aromatic rings. The van der Waals surface area contributed by atoms with E-state index in [9.17, 15) is 8.78 Å². The molecule has 0 aliphatic carbocycles. The second kappa shape index (κ2) is 7.85. The van der Waals surface area contributed by atoms with Crippen LogP contribution in [0.4, 0.5) is 8.78 Å². The summed E-state index contributed by atoms with van der Waals surface area (Å²) in [5.74, 6) is -0.674. The maximum atomic E-state index is 14.0. The summed E-state index contributed by atoms with van der Waals surface area (Å²) in [5, 5.41) is 3.28. The number of hydrogen-bond acceptors (Lipinski definition) is 2. The minimum Gasteiger partial charge on any atom is -0.310 e. The van der Waals surface area contributed by atoms with E-state index in [4.69, 9.17) is 0 Å². The minimum absolute atomic E-state index is 0.119. The predicted molar refractivity (Wildman–Crippen MR) is 82.2 cm³/mol. The van der Waals surface area contributed by atoms with Gasteiger partial charge in [0.1, 0.15) is 0 Å². The first-order valence-electron chi connectivity index (χ1n) is 8.05. The van der Waals surface area contributed by atoms with Gasteiger partial charge in [0.2, 0.25) is 0 Å². The average molecular weight is 296 g/mol. The molecule has 1 N–H and O–H groups in total. The third kappa shape index (κ3) is 4.24. The summed E-state index contributed by atoms with van der Waals surface area (Å²) in [6, 6.07) is 4.33. The SMILES string of the molecule is CCNC(CCN1CCC(CC)C1)c1cccc(F)c1F. The zero-order valence-electron chi connectivity index (χ0n) is 13.0. The van der Waals surface area contributed by atoms with Gasteiger partial charge in [0, 0.05) is 18.2 Å². The summed E-state index contributed by atoms with van der Waals surface area (Å²) in [7, 11) is 0. The summed E-state index contributed by atoms with van der Waals surface area (Å²) in [6.07, 6.45) is 3.30. The van der Waals surface area contributed by atoms with Crippen LogP contribution in [0.15, 0.2) is 18.2 Å². The summed E-state index contributed by atoms with van der Waals surface area (Å²) >= 11 is 0. The number of hydrogen-bond donors (Lipinski definition) is 1. The Balaban J connectivity index is 1.98. The van der Waals surface area contributed by atoms with Crippen LogP contribution in [-0.2, 0) is 0 Å². The van der Waals surface area contributed by atoms with Gasteiger partial charge in [-0.25, -0.2) is 8.78 Å². The van der Waals surface area contributed by atoms with E-state index in [1.165, 1.54) is 18.9 Å². The number of rotatable bonds is 7. The number of nitrogens with one attached hydrogen (secondary N) is 1. The van der Waals surface area contributed by atoms with E-state index in [1.54, 1.807) is 12.1 Å². The van der Waals surface area contributed by atoms with Gasteiger partial charge in [-0.2, -0.15) is 0 Å². The molecule has 2 rings (SSSR count). The second-order valence-corrected chi connectivity index (χ2v) is 5.91. The Kier molecular flexibility index (Phi) is 6.12. The third-order valence-corrected chi connectivity index (χ3v) is 4.49. The van der Waals surface area contributed by atoms with Gasteiger partial charge in [-0.1, -0.05) is 32.4 Å². The zero-order valence-corrected chi connectivity index (χ0v) is 13.0. The van der Waals surface area contributed by atoms with Crippen LogP contribution < -0.4 is 5.32 Å². The Bertz CT molecular complexity index is 450. The van der Waals surface area contributed by atoms with Crippen molar-refractivity contribution in [3.05, 3.63) is 35.4 Å². The Morgan fingerprint density at radius 1 is 1.33 bits per heavy atom. The number of likely N-dealkylation sites (tertiary alicyclic amines) is 1. The molecule has 0 spiro atoms. The topological polar surface area (TPSA) is 15.3 Å². The molecule has 2 nitrogen and oxygen atoms in total. The van der Waals surface area contributed by atoms with Crippen LogP contribution in [0.2, 0.25) is 0 Å². The van der Waals surface area contributed by atoms with Gasteiger partial charge in [-0.15, -0.1) is 0 Å². The van der Waals surface area contributed by atoms with Crippen LogP contribution in [0.3, 0.4) is 0 Å². The molecule has 0 radical (unpaired) electrons. The lowest BCUT2D eigenvalue weighted by Crippen LogP contribution is -2.29. The Hall–Kier alpha value is -1.00. The van der Waals surface area contributed by atoms with E-state index < -0.39 is 11.6 Å². The van der Waals surface area contributed by atoms with Crippen molar-refractivity contribution in [2.75, 3.05) is 26.2 Å². The number of halogens is 2. The highest BCUT2D eigenvalue weighted by molar-refractivity contribution is 5.22. The van der Waals surface area contributed by atoms with Gasteiger partial charge in [0.05, 0.1) is 0 Å². The lowest BCUT2D eigenvalue weighted by atomic mass is 10.0. The molecule has 1 fully saturated rings. The van der Waals surface area contributed by atoms with Crippen LogP contribution in [0.25, 0.3) is 0 Å². The molecule has 0 aromatic heterocycles. The predicted octanol–water partition coefficient (Wildman–Crippen LogP) is 3.74. The Morgan fingerprint density at radius 3 is 2.81 bits per heavy atom. The van der Waals surface area contributed by atoms with Crippen LogP contribution in [-0.4, -0.2) is 31.1 Å². The average Bonchev–Trinajstić information content (AvgIpc) is 2.95. The lowest BCUT2D eigenvalue weighted by molar-refractivity contribution is 0.296. The molecule has 1 heterocycles. The first kappa shape index (κ1) is 16.4. The van der Waals surface area contributed by atoms with Gasteiger partial charge in [-0.05, 0) is 44.5 Å². The fourth-order valence-corrected chi connectivity index (χ4v) is 3.16. The fraction of sp³-hybridized carbons (Fsp3) is 0.647. The Morgan fingerprint density at radius 2 is 2.14 bits per heavy atom. The van der Waals surface area contributed by atoms with Crippen molar-refractivity contribution in [1.82, 2.24) is 10.2 Å². The molecule has 0 amide bonds. The summed E-state index contributed by atoms with van der Waals surface area (Å²) in [4.78, 5) is 2.44. The molecular weight excluding hydrogens is 270 g/mol. The van der Waals surface area contributed by atoms with E-state index in [0.29, 0.717) is 5.56 Å². The molecular formula is C17H26F2N2. The van der Waals surface area contributed by atoms with Gasteiger partial charge >= 0.3 is 0 Å². The van der Waals surface area contributed by atoms with Gasteiger partial charge < -0.3 is 10.2 Å². The van der Waals surface area contributed by atoms with Crippen molar-refractivity contribution < 1.29 is 8.78 Å². The first-order valence-corrected chi connectivity index (χ1v) is 8.05. The summed E-state index contributed by atoms with van der Waals surface area (Å²) in [6.45, 7) is 8.18. The van der Waals surface area contributed by atoms with E-state index in [0.717, 1.165) is 38.5 Å². The van der Waals surface area contributed by atoms with Crippen LogP contribution in [0.5, 0.6) is 0 Å². The molecule has 21 heavy (non-hydrogen) atoms. The maximum absolute atomic E-state index is 14.0. The van der Waals surface area contributed by atoms with Crippen molar-refractivity contribution in [2.24, 2.45) is 5.92 Å². The van der Waals surface area contributed by atoms with Crippen LogP contribution in [0.1, 0.15) is 44.7 Å². The van der Waals surface area contributed by atoms with Crippen LogP contribution >= 0.6 is 0 Å². The number of nitrogens with zero attached hydrogens (tertiary/aromatic N) is 1. The normalized spacial score (nSPS) is 20.9. The van der Waals surface area contributed by atoms with Crippen LogP contribution in [0, 0.1) is 17.6 Å². The quantitative estimate of drug-likeness (QED) is 0.824. The molecule has 1 aromatic carbocycles. The largest absolute Gasteiger partial charge is 0.310 e. The third-order valence-electron chi connectivity index (χ3n) is 4.49. The van der Waals surface area contributed by atoms with Crippen molar-refractivity contribution in [2.45, 2.75) is 39.2 Å². The van der Waals surface area contributed by atoms with Crippen molar-refractivity contribution in [1.29, 1.82) is 0 Å². The highest BCUT2D eigenvalue weighted by Crippen LogP contribution is 2.24. The fourth-order valence-electron chi connectivity index (χ4n) is 3.16. The zero-order chi connectivity index (χ0) is 15.2. The van der Waals surface area contributed by atoms with Crippen molar-refractivity contribution in [3.63, 3.8) is 0 Å². The summed E-state index contributed by atoms with van der Waals surface area (Å²) in [5.41, 5.74) is 0.447. The van der Waals surface area contributed by atoms with E-state index in [2.05, 4.69) is 17.1 Å². The van der Waals surface area contributed by atoms with Gasteiger partial charge in [0.15, 0.2) is 11.6 Å². The first-order chi connectivity index (χ1) is 10.2. The molecule has 4 heteroatoms. The number of benzene rings is 1. The second-order valence-electron chi connectivity index (χ2n) is 5.91. The molecule has 118 valence electrons. The molecule has 2 unspecified atom stereocenters.